The van der Waals surface area contributed by atoms with E-state index in [1.165, 1.54) is 6.42 Å². The number of carbonyl (C=O) groups is 1. The summed E-state index contributed by atoms with van der Waals surface area (Å²) in [7, 11) is 0. The first-order valence-electron chi connectivity index (χ1n) is 7.49. The SMILES string of the molecule is CCC1(C)CCN(CC(=O)Nc2ccc(Cl)cc2N)CC1. The molecule has 0 radical (unpaired) electrons. The molecule has 0 atom stereocenters. The molecule has 0 saturated carbocycles. The molecule has 1 heterocycles. The Hall–Kier alpha value is -1.26. The number of anilines is 2. The summed E-state index contributed by atoms with van der Waals surface area (Å²) in [6.07, 6.45) is 3.51. The Bertz CT molecular complexity index is 510. The Balaban J connectivity index is 1.85. The summed E-state index contributed by atoms with van der Waals surface area (Å²) >= 11 is 5.85. The molecule has 1 aliphatic rings. The second kappa shape index (κ2) is 6.67. The van der Waals surface area contributed by atoms with Crippen LogP contribution in [-0.2, 0) is 4.79 Å². The van der Waals surface area contributed by atoms with Crippen molar-refractivity contribution in [2.24, 2.45) is 5.41 Å². The van der Waals surface area contributed by atoms with E-state index >= 15 is 0 Å². The lowest BCUT2D eigenvalue weighted by molar-refractivity contribution is -0.117. The standard InChI is InChI=1S/C16H24ClN3O/c1-3-16(2)6-8-20(9-7-16)11-15(21)19-14-5-4-12(17)10-13(14)18/h4-5,10H,3,6-9,11,18H2,1-2H3,(H,19,21). The molecule has 3 N–H and O–H groups in total. The van der Waals surface area contributed by atoms with Crippen molar-refractivity contribution in [3.8, 4) is 0 Å². The minimum Gasteiger partial charge on any atom is -0.397 e. The van der Waals surface area contributed by atoms with Gasteiger partial charge in [-0.05, 0) is 49.5 Å². The quantitative estimate of drug-likeness (QED) is 0.838. The van der Waals surface area contributed by atoms with Gasteiger partial charge in [-0.15, -0.1) is 0 Å². The molecule has 0 bridgehead atoms. The molecule has 116 valence electrons. The molecular weight excluding hydrogens is 286 g/mol. The Morgan fingerprint density at radius 2 is 2.10 bits per heavy atom. The van der Waals surface area contributed by atoms with Crippen LogP contribution in [0.4, 0.5) is 11.4 Å². The first-order chi connectivity index (χ1) is 9.92. The highest BCUT2D eigenvalue weighted by atomic mass is 35.5. The van der Waals surface area contributed by atoms with Gasteiger partial charge in [0.05, 0.1) is 17.9 Å². The van der Waals surface area contributed by atoms with Crippen LogP contribution >= 0.6 is 11.6 Å². The third-order valence-corrected chi connectivity index (χ3v) is 4.81. The van der Waals surface area contributed by atoms with Gasteiger partial charge in [0, 0.05) is 5.02 Å². The summed E-state index contributed by atoms with van der Waals surface area (Å²) in [5.41, 5.74) is 7.40. The number of likely N-dealkylation sites (tertiary alicyclic amines) is 1. The third kappa shape index (κ3) is 4.35. The molecule has 0 spiro atoms. The average molecular weight is 310 g/mol. The Morgan fingerprint density at radius 1 is 1.43 bits per heavy atom. The maximum Gasteiger partial charge on any atom is 0.238 e. The number of nitrogen functional groups attached to an aromatic ring is 1. The summed E-state index contributed by atoms with van der Waals surface area (Å²) in [4.78, 5) is 14.3. The topological polar surface area (TPSA) is 58.4 Å². The Kier molecular flexibility index (Phi) is 5.12. The van der Waals surface area contributed by atoms with Crippen LogP contribution in [-0.4, -0.2) is 30.4 Å². The highest BCUT2D eigenvalue weighted by molar-refractivity contribution is 6.31. The highest BCUT2D eigenvalue weighted by Crippen LogP contribution is 2.33. The second-order valence-electron chi connectivity index (χ2n) is 6.22. The van der Waals surface area contributed by atoms with Crippen LogP contribution < -0.4 is 11.1 Å². The normalized spacial score (nSPS) is 18.4. The molecule has 1 amide bonds. The predicted molar refractivity (Wildman–Crippen MR) is 88.6 cm³/mol. The summed E-state index contributed by atoms with van der Waals surface area (Å²) in [5.74, 6) is -0.0240. The number of amides is 1. The van der Waals surface area contributed by atoms with Gasteiger partial charge in [0.1, 0.15) is 0 Å². The van der Waals surface area contributed by atoms with Crippen molar-refractivity contribution in [2.45, 2.75) is 33.1 Å². The van der Waals surface area contributed by atoms with E-state index in [0.29, 0.717) is 28.4 Å². The van der Waals surface area contributed by atoms with Gasteiger partial charge in [-0.3, -0.25) is 9.69 Å². The van der Waals surface area contributed by atoms with E-state index in [-0.39, 0.29) is 5.91 Å². The number of benzene rings is 1. The molecule has 21 heavy (non-hydrogen) atoms. The van der Waals surface area contributed by atoms with Gasteiger partial charge < -0.3 is 11.1 Å². The van der Waals surface area contributed by atoms with Gasteiger partial charge in [-0.1, -0.05) is 31.9 Å². The van der Waals surface area contributed by atoms with Crippen LogP contribution in [0.25, 0.3) is 0 Å². The smallest absolute Gasteiger partial charge is 0.238 e. The zero-order chi connectivity index (χ0) is 15.5. The molecule has 1 saturated heterocycles. The number of halogens is 1. The lowest BCUT2D eigenvalue weighted by atomic mass is 9.78. The van der Waals surface area contributed by atoms with Crippen molar-refractivity contribution in [3.63, 3.8) is 0 Å². The molecular formula is C16H24ClN3O. The first kappa shape index (κ1) is 16.1. The number of piperidine rings is 1. The molecule has 0 aromatic heterocycles. The van der Waals surface area contributed by atoms with Gasteiger partial charge in [-0.25, -0.2) is 0 Å². The van der Waals surface area contributed by atoms with Crippen LogP contribution in [0.2, 0.25) is 5.02 Å². The molecule has 2 rings (SSSR count). The highest BCUT2D eigenvalue weighted by Gasteiger charge is 2.28. The predicted octanol–water partition coefficient (Wildman–Crippen LogP) is 3.37. The number of rotatable bonds is 4. The van der Waals surface area contributed by atoms with E-state index in [2.05, 4.69) is 24.1 Å². The molecule has 4 nitrogen and oxygen atoms in total. The zero-order valence-corrected chi connectivity index (χ0v) is 13.5. The van der Waals surface area contributed by atoms with Crippen molar-refractivity contribution in [1.29, 1.82) is 0 Å². The fourth-order valence-corrected chi connectivity index (χ4v) is 2.83. The Morgan fingerprint density at radius 3 is 2.67 bits per heavy atom. The molecule has 1 aromatic carbocycles. The first-order valence-corrected chi connectivity index (χ1v) is 7.87. The van der Waals surface area contributed by atoms with Crippen LogP contribution in [0.3, 0.4) is 0 Å². The molecule has 1 fully saturated rings. The zero-order valence-electron chi connectivity index (χ0n) is 12.8. The van der Waals surface area contributed by atoms with Crippen molar-refractivity contribution < 1.29 is 4.79 Å². The average Bonchev–Trinajstić information content (AvgIpc) is 2.45. The lowest BCUT2D eigenvalue weighted by Crippen LogP contribution is -2.42. The maximum atomic E-state index is 12.1. The van der Waals surface area contributed by atoms with Crippen molar-refractivity contribution in [1.82, 2.24) is 4.90 Å². The number of hydrogen-bond donors (Lipinski definition) is 2. The number of nitrogens with two attached hydrogens (primary N) is 1. The van der Waals surface area contributed by atoms with E-state index in [9.17, 15) is 4.79 Å². The van der Waals surface area contributed by atoms with Gasteiger partial charge in [0.25, 0.3) is 0 Å². The van der Waals surface area contributed by atoms with E-state index in [1.54, 1.807) is 18.2 Å². The van der Waals surface area contributed by atoms with Crippen LogP contribution in [0, 0.1) is 5.41 Å². The van der Waals surface area contributed by atoms with Gasteiger partial charge >= 0.3 is 0 Å². The third-order valence-electron chi connectivity index (χ3n) is 4.57. The van der Waals surface area contributed by atoms with E-state index < -0.39 is 0 Å². The largest absolute Gasteiger partial charge is 0.397 e. The molecule has 1 aliphatic heterocycles. The lowest BCUT2D eigenvalue weighted by Gasteiger charge is -2.38. The summed E-state index contributed by atoms with van der Waals surface area (Å²) in [5, 5.41) is 3.42. The second-order valence-corrected chi connectivity index (χ2v) is 6.66. The molecule has 1 aromatic rings. The van der Waals surface area contributed by atoms with Crippen molar-refractivity contribution in [2.75, 3.05) is 30.7 Å². The fraction of sp³-hybridized carbons (Fsp3) is 0.562. The van der Waals surface area contributed by atoms with Crippen molar-refractivity contribution >= 4 is 28.9 Å². The number of nitrogens with one attached hydrogen (secondary N) is 1. The van der Waals surface area contributed by atoms with E-state index in [0.717, 1.165) is 25.9 Å². The monoisotopic (exact) mass is 309 g/mol. The maximum absolute atomic E-state index is 12.1. The molecule has 0 aliphatic carbocycles. The van der Waals surface area contributed by atoms with E-state index in [1.807, 2.05) is 0 Å². The van der Waals surface area contributed by atoms with Crippen LogP contribution in [0.1, 0.15) is 33.1 Å². The van der Waals surface area contributed by atoms with Crippen molar-refractivity contribution in [3.05, 3.63) is 23.2 Å². The van der Waals surface area contributed by atoms with Gasteiger partial charge in [0.15, 0.2) is 0 Å². The number of nitrogens with zero attached hydrogens (tertiary/aromatic N) is 1. The summed E-state index contributed by atoms with van der Waals surface area (Å²) < 4.78 is 0. The molecule has 0 unspecified atom stereocenters. The fourth-order valence-electron chi connectivity index (χ4n) is 2.64. The Labute approximate surface area is 131 Å². The number of carbonyl (C=O) groups excluding carboxylic acids is 1. The van der Waals surface area contributed by atoms with Crippen LogP contribution in [0.15, 0.2) is 18.2 Å². The summed E-state index contributed by atoms with van der Waals surface area (Å²) in [6.45, 7) is 6.95. The van der Waals surface area contributed by atoms with E-state index in [4.69, 9.17) is 17.3 Å². The minimum atomic E-state index is -0.0240. The van der Waals surface area contributed by atoms with Crippen LogP contribution in [0.5, 0.6) is 0 Å². The van der Waals surface area contributed by atoms with Gasteiger partial charge in [0.2, 0.25) is 5.91 Å². The molecule has 5 heteroatoms. The minimum absolute atomic E-state index is 0.0240. The number of hydrogen-bond acceptors (Lipinski definition) is 3. The summed E-state index contributed by atoms with van der Waals surface area (Å²) in [6, 6.07) is 5.10. The van der Waals surface area contributed by atoms with Gasteiger partial charge in [-0.2, -0.15) is 0 Å².